The first kappa shape index (κ1) is 25.5. The Balaban J connectivity index is 1.37. The van der Waals surface area contributed by atoms with Crippen molar-refractivity contribution in [2.24, 2.45) is 0 Å². The van der Waals surface area contributed by atoms with E-state index in [1.165, 1.54) is 4.31 Å². The Morgan fingerprint density at radius 2 is 1.41 bits per heavy atom. The molecular formula is C28H25Cl2N3O3S. The number of carbonyl (C=O) groups is 1. The van der Waals surface area contributed by atoms with Gasteiger partial charge in [0.2, 0.25) is 10.0 Å². The average molecular weight is 554 g/mol. The fraction of sp³-hybridized carbons (Fsp3) is 0.179. The van der Waals surface area contributed by atoms with Crippen molar-refractivity contribution in [3.05, 3.63) is 100 Å². The lowest BCUT2D eigenvalue weighted by Gasteiger charge is -2.36. The van der Waals surface area contributed by atoms with E-state index in [1.54, 1.807) is 60.7 Å². The van der Waals surface area contributed by atoms with Crippen LogP contribution >= 0.6 is 23.2 Å². The molecule has 0 spiro atoms. The van der Waals surface area contributed by atoms with Crippen molar-refractivity contribution in [2.45, 2.75) is 11.8 Å². The first-order chi connectivity index (χ1) is 17.8. The topological polar surface area (TPSA) is 69.7 Å². The molecule has 0 aromatic heterocycles. The molecule has 190 valence electrons. The lowest BCUT2D eigenvalue weighted by atomic mass is 10.0. The number of rotatable bonds is 5. The molecule has 37 heavy (non-hydrogen) atoms. The maximum absolute atomic E-state index is 13.3. The van der Waals surface area contributed by atoms with E-state index in [1.807, 2.05) is 30.0 Å². The molecule has 5 rings (SSSR count). The summed E-state index contributed by atoms with van der Waals surface area (Å²) in [5.74, 6) is -0.281. The summed E-state index contributed by atoms with van der Waals surface area (Å²) in [6.07, 6.45) is 0. The van der Waals surface area contributed by atoms with Crippen LogP contribution in [0.1, 0.15) is 15.9 Å². The minimum atomic E-state index is -3.59. The molecule has 1 amide bonds. The number of amides is 1. The molecule has 4 aromatic rings. The zero-order chi connectivity index (χ0) is 26.2. The van der Waals surface area contributed by atoms with Crippen LogP contribution in [-0.4, -0.2) is 44.8 Å². The molecule has 1 heterocycles. The van der Waals surface area contributed by atoms with Crippen molar-refractivity contribution >= 4 is 61.3 Å². The van der Waals surface area contributed by atoms with Crippen molar-refractivity contribution in [1.29, 1.82) is 0 Å². The maximum Gasteiger partial charge on any atom is 0.256 e. The first-order valence-corrected chi connectivity index (χ1v) is 14.0. The van der Waals surface area contributed by atoms with Gasteiger partial charge in [0, 0.05) is 42.2 Å². The Morgan fingerprint density at radius 3 is 2.14 bits per heavy atom. The van der Waals surface area contributed by atoms with Crippen LogP contribution in [0.5, 0.6) is 0 Å². The van der Waals surface area contributed by atoms with Gasteiger partial charge in [-0.3, -0.25) is 4.79 Å². The normalized spacial score (nSPS) is 14.6. The van der Waals surface area contributed by atoms with E-state index < -0.39 is 10.0 Å². The smallest absolute Gasteiger partial charge is 0.256 e. The Labute approximate surface area is 226 Å². The molecule has 0 unspecified atom stereocenters. The fourth-order valence-corrected chi connectivity index (χ4v) is 6.56. The van der Waals surface area contributed by atoms with Gasteiger partial charge in [0.15, 0.2) is 0 Å². The number of hydrogen-bond donors (Lipinski definition) is 1. The summed E-state index contributed by atoms with van der Waals surface area (Å²) in [6, 6.07) is 23.1. The number of halogens is 2. The number of anilines is 2. The SMILES string of the molecule is Cc1ccc(S(=O)(=O)N2CCN(c3c(Cl)cccc3NC(=O)c3cccc4c(Cl)cccc34)CC2)cc1. The van der Waals surface area contributed by atoms with Crippen LogP contribution in [0.3, 0.4) is 0 Å². The fourth-order valence-electron chi connectivity index (χ4n) is 4.61. The van der Waals surface area contributed by atoms with Gasteiger partial charge < -0.3 is 10.2 Å². The van der Waals surface area contributed by atoms with Crippen LogP contribution in [0.15, 0.2) is 83.8 Å². The lowest BCUT2D eigenvalue weighted by molar-refractivity contribution is 0.102. The summed E-state index contributed by atoms with van der Waals surface area (Å²) in [5.41, 5.74) is 2.73. The van der Waals surface area contributed by atoms with Crippen molar-refractivity contribution in [2.75, 3.05) is 36.4 Å². The van der Waals surface area contributed by atoms with E-state index >= 15 is 0 Å². The van der Waals surface area contributed by atoms with Crippen LogP contribution in [0.2, 0.25) is 10.0 Å². The van der Waals surface area contributed by atoms with Gasteiger partial charge in [-0.15, -0.1) is 0 Å². The van der Waals surface area contributed by atoms with Gasteiger partial charge in [0.1, 0.15) is 0 Å². The quantitative estimate of drug-likeness (QED) is 0.318. The van der Waals surface area contributed by atoms with E-state index in [0.717, 1.165) is 16.3 Å². The summed E-state index contributed by atoms with van der Waals surface area (Å²) in [6.45, 7) is 3.39. The van der Waals surface area contributed by atoms with E-state index in [2.05, 4.69) is 5.32 Å². The van der Waals surface area contributed by atoms with Crippen LogP contribution < -0.4 is 10.2 Å². The molecule has 1 saturated heterocycles. The second-order valence-corrected chi connectivity index (χ2v) is 11.7. The highest BCUT2D eigenvalue weighted by atomic mass is 35.5. The molecule has 0 aliphatic carbocycles. The summed E-state index contributed by atoms with van der Waals surface area (Å²) in [7, 11) is -3.59. The Kier molecular flexibility index (Phi) is 7.14. The van der Waals surface area contributed by atoms with Crippen LogP contribution in [-0.2, 0) is 10.0 Å². The molecule has 0 saturated carbocycles. The van der Waals surface area contributed by atoms with Gasteiger partial charge in [-0.1, -0.05) is 71.2 Å². The van der Waals surface area contributed by atoms with E-state index in [0.29, 0.717) is 53.2 Å². The van der Waals surface area contributed by atoms with Crippen LogP contribution in [0, 0.1) is 6.92 Å². The van der Waals surface area contributed by atoms with Gasteiger partial charge >= 0.3 is 0 Å². The zero-order valence-corrected chi connectivity index (χ0v) is 22.4. The molecule has 6 nitrogen and oxygen atoms in total. The number of para-hydroxylation sites is 1. The molecule has 1 fully saturated rings. The van der Waals surface area contributed by atoms with Crippen molar-refractivity contribution in [3.8, 4) is 0 Å². The number of hydrogen-bond acceptors (Lipinski definition) is 4. The van der Waals surface area contributed by atoms with E-state index in [9.17, 15) is 13.2 Å². The Morgan fingerprint density at radius 1 is 0.784 bits per heavy atom. The highest BCUT2D eigenvalue weighted by Crippen LogP contribution is 2.36. The van der Waals surface area contributed by atoms with Crippen LogP contribution in [0.25, 0.3) is 10.8 Å². The molecule has 4 aromatic carbocycles. The standard InChI is InChI=1S/C28H25Cl2N3O3S/c1-19-11-13-20(14-12-19)37(35,36)33-17-15-32(16-18-33)27-25(30)9-4-10-26(27)31-28(34)23-7-2-6-22-21(23)5-3-8-24(22)29/h2-14H,15-18H2,1H3,(H,31,34). The molecule has 1 aliphatic rings. The Hall–Kier alpha value is -3.10. The summed E-state index contributed by atoms with van der Waals surface area (Å²) >= 11 is 12.9. The number of sulfonamides is 1. The predicted molar refractivity (Wildman–Crippen MR) is 151 cm³/mol. The van der Waals surface area contributed by atoms with Crippen LogP contribution in [0.4, 0.5) is 11.4 Å². The third-order valence-corrected chi connectivity index (χ3v) is 9.11. The van der Waals surface area contributed by atoms with E-state index in [-0.39, 0.29) is 10.8 Å². The zero-order valence-electron chi connectivity index (χ0n) is 20.1. The average Bonchev–Trinajstić information content (AvgIpc) is 2.89. The molecule has 9 heteroatoms. The number of nitrogens with zero attached hydrogens (tertiary/aromatic N) is 2. The third kappa shape index (κ3) is 5.05. The molecule has 0 bridgehead atoms. The van der Waals surface area contributed by atoms with Gasteiger partial charge in [-0.25, -0.2) is 8.42 Å². The number of aryl methyl sites for hydroxylation is 1. The monoisotopic (exact) mass is 553 g/mol. The van der Waals surface area contributed by atoms with E-state index in [4.69, 9.17) is 23.2 Å². The van der Waals surface area contributed by atoms with Crippen molar-refractivity contribution in [3.63, 3.8) is 0 Å². The maximum atomic E-state index is 13.3. The Bertz CT molecular complexity index is 1580. The minimum absolute atomic E-state index is 0.281. The first-order valence-electron chi connectivity index (χ1n) is 11.8. The lowest BCUT2D eigenvalue weighted by Crippen LogP contribution is -2.49. The highest BCUT2D eigenvalue weighted by molar-refractivity contribution is 7.89. The highest BCUT2D eigenvalue weighted by Gasteiger charge is 2.30. The molecule has 0 atom stereocenters. The number of carbonyl (C=O) groups excluding carboxylic acids is 1. The van der Waals surface area contributed by atoms with Gasteiger partial charge in [0.25, 0.3) is 5.91 Å². The second kappa shape index (κ2) is 10.3. The number of fused-ring (bicyclic) bond motifs is 1. The van der Waals surface area contributed by atoms with Crippen molar-refractivity contribution in [1.82, 2.24) is 4.31 Å². The molecule has 1 aliphatic heterocycles. The van der Waals surface area contributed by atoms with Gasteiger partial charge in [0.05, 0.1) is 21.3 Å². The number of benzene rings is 4. The minimum Gasteiger partial charge on any atom is -0.366 e. The number of nitrogens with one attached hydrogen (secondary N) is 1. The number of piperazine rings is 1. The summed E-state index contributed by atoms with van der Waals surface area (Å²) < 4.78 is 27.7. The van der Waals surface area contributed by atoms with Gasteiger partial charge in [-0.05, 0) is 48.7 Å². The van der Waals surface area contributed by atoms with Gasteiger partial charge in [-0.2, -0.15) is 4.31 Å². The van der Waals surface area contributed by atoms with Crippen molar-refractivity contribution < 1.29 is 13.2 Å². The molecule has 1 N–H and O–H groups in total. The largest absolute Gasteiger partial charge is 0.366 e. The predicted octanol–water partition coefficient (Wildman–Crippen LogP) is 6.22. The summed E-state index contributed by atoms with van der Waals surface area (Å²) in [5, 5.41) is 5.62. The summed E-state index contributed by atoms with van der Waals surface area (Å²) in [4.78, 5) is 15.6. The second-order valence-electron chi connectivity index (χ2n) is 8.93. The molecule has 0 radical (unpaired) electrons. The third-order valence-electron chi connectivity index (χ3n) is 6.56. The molecular weight excluding hydrogens is 529 g/mol.